The average Bonchev–Trinajstić information content (AvgIpc) is 3.24. The molecule has 0 fully saturated rings. The largest absolute Gasteiger partial charge is 0.394 e. The number of hydrogen-bond acceptors (Lipinski definition) is 5. The van der Waals surface area contributed by atoms with Gasteiger partial charge in [0, 0.05) is 18.4 Å². The number of aromatic nitrogens is 1. The molecule has 0 spiro atoms. The molecule has 0 saturated carbocycles. The Morgan fingerprint density at radius 2 is 1.71 bits per heavy atom. The summed E-state index contributed by atoms with van der Waals surface area (Å²) in [6.07, 6.45) is 1.99. The van der Waals surface area contributed by atoms with Gasteiger partial charge >= 0.3 is 0 Å². The van der Waals surface area contributed by atoms with E-state index in [0.717, 1.165) is 18.2 Å². The molecule has 3 N–H and O–H groups in total. The van der Waals surface area contributed by atoms with Crippen LogP contribution in [0.3, 0.4) is 0 Å². The molecule has 0 radical (unpaired) electrons. The molecule has 2 heterocycles. The Balaban J connectivity index is 1.62. The van der Waals surface area contributed by atoms with Crippen molar-refractivity contribution in [3.63, 3.8) is 0 Å². The van der Waals surface area contributed by atoms with Gasteiger partial charge in [-0.2, -0.15) is 0 Å². The van der Waals surface area contributed by atoms with E-state index in [1.807, 2.05) is 0 Å². The number of amides is 1. The molecule has 1 aromatic heterocycles. The van der Waals surface area contributed by atoms with Gasteiger partial charge in [0.25, 0.3) is 5.91 Å². The summed E-state index contributed by atoms with van der Waals surface area (Å²) in [6, 6.07) is 7.00. The van der Waals surface area contributed by atoms with E-state index in [2.05, 4.69) is 10.3 Å². The topological polar surface area (TPSA) is 85.7 Å². The monoisotopic (exact) mass is 475 g/mol. The lowest BCUT2D eigenvalue weighted by molar-refractivity contribution is 0.0874. The normalized spacial score (nSPS) is 12.9. The predicted octanol–water partition coefficient (Wildman–Crippen LogP) is 3.01. The summed E-state index contributed by atoms with van der Waals surface area (Å²) in [6.45, 7) is -0.591. The van der Waals surface area contributed by atoms with E-state index >= 15 is 0 Å². The van der Waals surface area contributed by atoms with Crippen LogP contribution >= 0.6 is 0 Å². The smallest absolute Gasteiger partial charge is 0.254 e. The number of nitrogens with zero attached hydrogens (tertiary/aromatic N) is 2. The van der Waals surface area contributed by atoms with Crippen molar-refractivity contribution in [1.29, 1.82) is 0 Å². The lowest BCUT2D eigenvalue weighted by Crippen LogP contribution is -2.40. The van der Waals surface area contributed by atoms with Crippen molar-refractivity contribution < 1.29 is 32.6 Å². The van der Waals surface area contributed by atoms with Crippen molar-refractivity contribution in [1.82, 2.24) is 10.3 Å². The van der Waals surface area contributed by atoms with Gasteiger partial charge in [-0.3, -0.25) is 4.79 Å². The minimum atomic E-state index is -1.52. The lowest BCUT2D eigenvalue weighted by atomic mass is 10.0. The molecule has 0 aliphatic carbocycles. The van der Waals surface area contributed by atoms with Crippen molar-refractivity contribution in [3.8, 4) is 0 Å². The molecule has 0 atom stereocenters. The SMILES string of the molecule is O=C(NC(CO)CO)c1c(F)ccc2c1CCN2c1cc(Cc2cc(F)c(F)c(F)c2)ccn1. The molecule has 1 aliphatic heterocycles. The first kappa shape index (κ1) is 23.7. The van der Waals surface area contributed by atoms with Crippen LogP contribution in [-0.2, 0) is 12.8 Å². The second kappa shape index (κ2) is 9.78. The number of benzene rings is 2. The van der Waals surface area contributed by atoms with Gasteiger partial charge in [-0.25, -0.2) is 22.5 Å². The standard InChI is InChI=1S/C24H21F4N3O3/c25-17-1-2-20-16(22(17)24(34)30-15(11-32)12-33)4-6-31(20)21-10-13(3-5-29-21)7-14-8-18(26)23(28)19(27)9-14/h1-3,5,8-10,15,32-33H,4,6-7,11-12H2,(H,30,34). The molecule has 10 heteroatoms. The number of hydrogen-bond donors (Lipinski definition) is 3. The number of anilines is 2. The zero-order valence-electron chi connectivity index (χ0n) is 17.9. The van der Waals surface area contributed by atoms with Crippen LogP contribution in [0.2, 0.25) is 0 Å². The predicted molar refractivity (Wildman–Crippen MR) is 116 cm³/mol. The second-order valence-electron chi connectivity index (χ2n) is 7.93. The second-order valence-corrected chi connectivity index (χ2v) is 7.93. The van der Waals surface area contributed by atoms with Gasteiger partial charge in [-0.05, 0) is 65.9 Å². The maximum absolute atomic E-state index is 14.6. The summed E-state index contributed by atoms with van der Waals surface area (Å²) in [5, 5.41) is 20.8. The van der Waals surface area contributed by atoms with Gasteiger partial charge in [-0.15, -0.1) is 0 Å². The Bertz CT molecular complexity index is 1210. The number of aliphatic hydroxyl groups is 2. The highest BCUT2D eigenvalue weighted by Crippen LogP contribution is 2.37. The van der Waals surface area contributed by atoms with Gasteiger partial charge in [0.1, 0.15) is 11.6 Å². The van der Waals surface area contributed by atoms with Crippen LogP contribution < -0.4 is 10.2 Å². The number of pyridine rings is 1. The third-order valence-electron chi connectivity index (χ3n) is 5.65. The van der Waals surface area contributed by atoms with E-state index in [-0.39, 0.29) is 17.5 Å². The number of carbonyl (C=O) groups excluding carboxylic acids is 1. The summed E-state index contributed by atoms with van der Waals surface area (Å²) in [4.78, 5) is 18.8. The highest BCUT2D eigenvalue weighted by Gasteiger charge is 2.29. The van der Waals surface area contributed by atoms with E-state index < -0.39 is 48.4 Å². The van der Waals surface area contributed by atoms with Gasteiger partial charge in [0.15, 0.2) is 17.5 Å². The zero-order valence-corrected chi connectivity index (χ0v) is 17.9. The molecule has 1 aliphatic rings. The van der Waals surface area contributed by atoms with E-state index in [9.17, 15) is 32.6 Å². The molecule has 34 heavy (non-hydrogen) atoms. The van der Waals surface area contributed by atoms with Crippen LogP contribution in [-0.4, -0.2) is 46.9 Å². The maximum atomic E-state index is 14.6. The van der Waals surface area contributed by atoms with E-state index in [1.165, 1.54) is 12.3 Å². The van der Waals surface area contributed by atoms with Crippen LogP contribution in [0.4, 0.5) is 29.1 Å². The quantitative estimate of drug-likeness (QED) is 0.362. The molecule has 3 aromatic rings. The molecule has 2 aromatic carbocycles. The third-order valence-corrected chi connectivity index (χ3v) is 5.65. The Labute approximate surface area is 192 Å². The maximum Gasteiger partial charge on any atom is 0.254 e. The van der Waals surface area contributed by atoms with Crippen LogP contribution in [0.1, 0.15) is 27.0 Å². The number of halogens is 4. The first-order valence-electron chi connectivity index (χ1n) is 10.5. The molecule has 1 amide bonds. The fourth-order valence-electron chi connectivity index (χ4n) is 4.01. The molecule has 0 saturated heterocycles. The Morgan fingerprint density at radius 3 is 2.38 bits per heavy atom. The summed E-state index contributed by atoms with van der Waals surface area (Å²) in [7, 11) is 0. The van der Waals surface area contributed by atoms with Crippen molar-refractivity contribution in [2.24, 2.45) is 0 Å². The van der Waals surface area contributed by atoms with Crippen LogP contribution in [0, 0.1) is 23.3 Å². The van der Waals surface area contributed by atoms with Crippen LogP contribution in [0.5, 0.6) is 0 Å². The fourth-order valence-corrected chi connectivity index (χ4v) is 4.01. The van der Waals surface area contributed by atoms with Crippen LogP contribution in [0.25, 0.3) is 0 Å². The Morgan fingerprint density at radius 1 is 1.00 bits per heavy atom. The zero-order chi connectivity index (χ0) is 24.4. The van der Waals surface area contributed by atoms with Crippen molar-refractivity contribution in [2.75, 3.05) is 24.7 Å². The minimum absolute atomic E-state index is 0.130. The van der Waals surface area contributed by atoms with Crippen molar-refractivity contribution in [2.45, 2.75) is 18.9 Å². The first-order chi connectivity index (χ1) is 16.3. The number of nitrogens with one attached hydrogen (secondary N) is 1. The molecule has 0 bridgehead atoms. The Hall–Kier alpha value is -3.50. The molecule has 4 rings (SSSR count). The van der Waals surface area contributed by atoms with Gasteiger partial charge in [0.05, 0.1) is 24.8 Å². The van der Waals surface area contributed by atoms with Crippen molar-refractivity contribution in [3.05, 3.63) is 88.1 Å². The Kier molecular flexibility index (Phi) is 6.80. The summed E-state index contributed by atoms with van der Waals surface area (Å²) in [5.41, 5.74) is 1.78. The highest BCUT2D eigenvalue weighted by molar-refractivity contribution is 5.98. The molecular formula is C24H21F4N3O3. The minimum Gasteiger partial charge on any atom is -0.394 e. The van der Waals surface area contributed by atoms with E-state index in [0.29, 0.717) is 35.6 Å². The first-order valence-corrected chi connectivity index (χ1v) is 10.5. The fraction of sp³-hybridized carbons (Fsp3) is 0.250. The molecule has 178 valence electrons. The number of rotatable bonds is 7. The van der Waals surface area contributed by atoms with Gasteiger partial charge in [0.2, 0.25) is 0 Å². The lowest BCUT2D eigenvalue weighted by Gasteiger charge is -2.20. The summed E-state index contributed by atoms with van der Waals surface area (Å²) < 4.78 is 54.9. The highest BCUT2D eigenvalue weighted by atomic mass is 19.2. The molecule has 0 unspecified atom stereocenters. The number of fused-ring (bicyclic) bond motifs is 1. The number of carbonyl (C=O) groups is 1. The molecule has 6 nitrogen and oxygen atoms in total. The summed E-state index contributed by atoms with van der Waals surface area (Å²) in [5.74, 6) is -5.04. The van der Waals surface area contributed by atoms with Gasteiger partial charge < -0.3 is 20.4 Å². The van der Waals surface area contributed by atoms with E-state index in [4.69, 9.17) is 0 Å². The average molecular weight is 475 g/mol. The van der Waals surface area contributed by atoms with Crippen molar-refractivity contribution >= 4 is 17.4 Å². The molecular weight excluding hydrogens is 454 g/mol. The third kappa shape index (κ3) is 4.59. The number of aliphatic hydroxyl groups excluding tert-OH is 2. The summed E-state index contributed by atoms with van der Waals surface area (Å²) >= 11 is 0. The van der Waals surface area contributed by atoms with Gasteiger partial charge in [-0.1, -0.05) is 0 Å². The van der Waals surface area contributed by atoms with Crippen LogP contribution in [0.15, 0.2) is 42.6 Å². The van der Waals surface area contributed by atoms with E-state index in [1.54, 1.807) is 17.0 Å².